The molecule has 2 N–H and O–H groups in total. The molecule has 16 heavy (non-hydrogen) atoms. The highest BCUT2D eigenvalue weighted by molar-refractivity contribution is 6.33. The maximum Gasteiger partial charge on any atom is 0.256 e. The van der Waals surface area contributed by atoms with Crippen molar-refractivity contribution in [3.8, 4) is 0 Å². The van der Waals surface area contributed by atoms with E-state index in [1.807, 2.05) is 0 Å². The molecule has 1 aliphatic rings. The van der Waals surface area contributed by atoms with Gasteiger partial charge >= 0.3 is 0 Å². The minimum absolute atomic E-state index is 0.0752. The van der Waals surface area contributed by atoms with Gasteiger partial charge < -0.3 is 10.4 Å². The second kappa shape index (κ2) is 4.03. The molecule has 1 fully saturated rings. The molecule has 5 heteroatoms. The van der Waals surface area contributed by atoms with Crippen molar-refractivity contribution in [3.63, 3.8) is 0 Å². The molecule has 0 saturated heterocycles. The lowest BCUT2D eigenvalue weighted by molar-refractivity contribution is 0.0903. The molecule has 1 amide bonds. The molecule has 0 heterocycles. The number of rotatable bonds is 3. The van der Waals surface area contributed by atoms with Crippen LogP contribution in [0, 0.1) is 5.82 Å². The Morgan fingerprint density at radius 1 is 1.56 bits per heavy atom. The molecule has 0 atom stereocenters. The monoisotopic (exact) mass is 243 g/mol. The smallest absolute Gasteiger partial charge is 0.256 e. The zero-order valence-electron chi connectivity index (χ0n) is 8.46. The Balaban J connectivity index is 2.21. The molecule has 0 aliphatic heterocycles. The maximum absolute atomic E-state index is 13.4. The van der Waals surface area contributed by atoms with Crippen molar-refractivity contribution in [1.82, 2.24) is 5.32 Å². The van der Waals surface area contributed by atoms with Gasteiger partial charge in [0.2, 0.25) is 0 Å². The largest absolute Gasteiger partial charge is 0.394 e. The van der Waals surface area contributed by atoms with Crippen LogP contribution in [-0.4, -0.2) is 23.2 Å². The van der Waals surface area contributed by atoms with Gasteiger partial charge in [-0.2, -0.15) is 0 Å². The summed E-state index contributed by atoms with van der Waals surface area (Å²) < 4.78 is 13.4. The first-order chi connectivity index (χ1) is 7.58. The molecule has 3 nitrogen and oxygen atoms in total. The van der Waals surface area contributed by atoms with Crippen LogP contribution in [0.25, 0.3) is 0 Å². The van der Waals surface area contributed by atoms with E-state index < -0.39 is 17.3 Å². The zero-order valence-corrected chi connectivity index (χ0v) is 9.22. The second-order valence-electron chi connectivity index (χ2n) is 3.99. The molecule has 1 saturated carbocycles. The first kappa shape index (κ1) is 11.4. The van der Waals surface area contributed by atoms with E-state index in [1.165, 1.54) is 18.2 Å². The van der Waals surface area contributed by atoms with Crippen LogP contribution in [0.3, 0.4) is 0 Å². The second-order valence-corrected chi connectivity index (χ2v) is 4.40. The number of amides is 1. The summed E-state index contributed by atoms with van der Waals surface area (Å²) in [4.78, 5) is 11.8. The molecule has 1 aromatic rings. The Morgan fingerprint density at radius 3 is 2.75 bits per heavy atom. The molecule has 1 aromatic carbocycles. The van der Waals surface area contributed by atoms with E-state index in [1.54, 1.807) is 0 Å². The summed E-state index contributed by atoms with van der Waals surface area (Å²) >= 11 is 5.75. The summed E-state index contributed by atoms with van der Waals surface area (Å²) in [5.74, 6) is -1.23. The van der Waals surface area contributed by atoms with Crippen LogP contribution in [0.2, 0.25) is 5.02 Å². The fourth-order valence-electron chi connectivity index (χ4n) is 1.49. The Bertz CT molecular complexity index is 412. The van der Waals surface area contributed by atoms with Gasteiger partial charge in [0.05, 0.1) is 22.7 Å². The Morgan fingerprint density at radius 2 is 2.25 bits per heavy atom. The average Bonchev–Trinajstić information content (AvgIpc) is 2.98. The van der Waals surface area contributed by atoms with Crippen molar-refractivity contribution in [1.29, 1.82) is 0 Å². The minimum atomic E-state index is -0.654. The van der Waals surface area contributed by atoms with Crippen molar-refractivity contribution in [2.24, 2.45) is 0 Å². The third kappa shape index (κ3) is 2.03. The molecular formula is C11H11ClFNO2. The van der Waals surface area contributed by atoms with Crippen LogP contribution in [0.4, 0.5) is 4.39 Å². The highest BCUT2D eigenvalue weighted by atomic mass is 35.5. The van der Waals surface area contributed by atoms with Crippen LogP contribution >= 0.6 is 11.6 Å². The van der Waals surface area contributed by atoms with Gasteiger partial charge in [0.1, 0.15) is 5.82 Å². The Labute approximate surface area is 97.2 Å². The predicted molar refractivity (Wildman–Crippen MR) is 57.9 cm³/mol. The molecule has 86 valence electrons. The van der Waals surface area contributed by atoms with Crippen LogP contribution in [-0.2, 0) is 0 Å². The first-order valence-corrected chi connectivity index (χ1v) is 5.33. The van der Waals surface area contributed by atoms with Gasteiger partial charge in [0.15, 0.2) is 0 Å². The normalized spacial score (nSPS) is 16.9. The maximum atomic E-state index is 13.4. The first-order valence-electron chi connectivity index (χ1n) is 4.95. The molecule has 2 rings (SSSR count). The number of hydrogen-bond acceptors (Lipinski definition) is 2. The number of carbonyl (C=O) groups excluding carboxylic acids is 1. The van der Waals surface area contributed by atoms with Crippen LogP contribution < -0.4 is 5.32 Å². The van der Waals surface area contributed by atoms with Gasteiger partial charge in [0.25, 0.3) is 5.91 Å². The van der Waals surface area contributed by atoms with E-state index >= 15 is 0 Å². The van der Waals surface area contributed by atoms with E-state index in [9.17, 15) is 9.18 Å². The molecule has 0 aromatic heterocycles. The molecule has 0 radical (unpaired) electrons. The van der Waals surface area contributed by atoms with Gasteiger partial charge in [-0.25, -0.2) is 4.39 Å². The summed E-state index contributed by atoms with van der Waals surface area (Å²) in [6.45, 7) is -0.134. The lowest BCUT2D eigenvalue weighted by Gasteiger charge is -2.15. The number of nitrogens with one attached hydrogen (secondary N) is 1. The van der Waals surface area contributed by atoms with Crippen molar-refractivity contribution in [2.45, 2.75) is 18.4 Å². The molecular weight excluding hydrogens is 233 g/mol. The minimum Gasteiger partial charge on any atom is -0.394 e. The summed E-state index contributed by atoms with van der Waals surface area (Å²) in [6, 6.07) is 4.07. The predicted octanol–water partition coefficient (Wildman–Crippen LogP) is 1.73. The fraction of sp³-hybridized carbons (Fsp3) is 0.364. The topological polar surface area (TPSA) is 49.3 Å². The summed E-state index contributed by atoms with van der Waals surface area (Å²) in [6.07, 6.45) is 1.42. The third-order valence-electron chi connectivity index (χ3n) is 2.72. The Kier molecular flexibility index (Phi) is 2.86. The van der Waals surface area contributed by atoms with Gasteiger partial charge in [-0.3, -0.25) is 4.79 Å². The lowest BCUT2D eigenvalue weighted by Crippen LogP contribution is -2.40. The van der Waals surface area contributed by atoms with Crippen LogP contribution in [0.1, 0.15) is 23.2 Å². The number of aliphatic hydroxyl groups excluding tert-OH is 1. The van der Waals surface area contributed by atoms with E-state index in [0.717, 1.165) is 0 Å². The van der Waals surface area contributed by atoms with Crippen LogP contribution in [0.5, 0.6) is 0 Å². The molecule has 0 bridgehead atoms. The zero-order chi connectivity index (χ0) is 11.8. The SMILES string of the molecule is O=C(NC1(CO)CC1)c1c(F)cccc1Cl. The quantitative estimate of drug-likeness (QED) is 0.850. The van der Waals surface area contributed by atoms with E-state index in [2.05, 4.69) is 5.32 Å². The summed E-state index contributed by atoms with van der Waals surface area (Å²) in [5.41, 5.74) is -0.730. The molecule has 1 aliphatic carbocycles. The third-order valence-corrected chi connectivity index (χ3v) is 3.04. The van der Waals surface area contributed by atoms with Gasteiger partial charge in [0, 0.05) is 0 Å². The lowest BCUT2D eigenvalue weighted by atomic mass is 10.1. The highest BCUT2D eigenvalue weighted by Gasteiger charge is 2.44. The summed E-state index contributed by atoms with van der Waals surface area (Å²) in [7, 11) is 0. The van der Waals surface area contributed by atoms with E-state index in [4.69, 9.17) is 16.7 Å². The van der Waals surface area contributed by atoms with Gasteiger partial charge in [-0.05, 0) is 25.0 Å². The van der Waals surface area contributed by atoms with Gasteiger partial charge in [-0.1, -0.05) is 17.7 Å². The highest BCUT2D eigenvalue weighted by Crippen LogP contribution is 2.35. The van der Waals surface area contributed by atoms with E-state index in [0.29, 0.717) is 12.8 Å². The number of hydrogen-bond donors (Lipinski definition) is 2. The average molecular weight is 244 g/mol. The van der Waals surface area contributed by atoms with E-state index in [-0.39, 0.29) is 17.2 Å². The van der Waals surface area contributed by atoms with Gasteiger partial charge in [-0.15, -0.1) is 0 Å². The summed E-state index contributed by atoms with van der Waals surface area (Å²) in [5, 5.41) is 11.7. The standard InChI is InChI=1S/C11H11ClFNO2/c12-7-2-1-3-8(13)9(7)10(16)14-11(6-15)4-5-11/h1-3,15H,4-6H2,(H,14,16). The molecule has 0 spiro atoms. The van der Waals surface area contributed by atoms with Crippen molar-refractivity contribution < 1.29 is 14.3 Å². The molecule has 0 unspecified atom stereocenters. The Hall–Kier alpha value is -1.13. The van der Waals surface area contributed by atoms with Crippen molar-refractivity contribution >= 4 is 17.5 Å². The number of halogens is 2. The number of aliphatic hydroxyl groups is 1. The fourth-order valence-corrected chi connectivity index (χ4v) is 1.74. The van der Waals surface area contributed by atoms with Crippen LogP contribution in [0.15, 0.2) is 18.2 Å². The number of carbonyl (C=O) groups is 1. The van der Waals surface area contributed by atoms with Crippen molar-refractivity contribution in [2.75, 3.05) is 6.61 Å². The number of benzene rings is 1. The van der Waals surface area contributed by atoms with Crippen molar-refractivity contribution in [3.05, 3.63) is 34.6 Å².